The van der Waals surface area contributed by atoms with Crippen molar-refractivity contribution in [1.29, 1.82) is 0 Å². The molecule has 0 fully saturated rings. The van der Waals surface area contributed by atoms with E-state index in [-0.39, 0.29) is 5.92 Å². The van der Waals surface area contributed by atoms with Gasteiger partial charge in [-0.2, -0.15) is 0 Å². The third kappa shape index (κ3) is 3.21. The van der Waals surface area contributed by atoms with Crippen LogP contribution >= 0.6 is 23.2 Å². The topological polar surface area (TPSA) is 0 Å². The van der Waals surface area contributed by atoms with E-state index in [1.807, 2.05) is 54.6 Å². The summed E-state index contributed by atoms with van der Waals surface area (Å²) in [5.41, 5.74) is 2.74. The van der Waals surface area contributed by atoms with Gasteiger partial charge in [0.25, 0.3) is 0 Å². The van der Waals surface area contributed by atoms with Gasteiger partial charge in [-0.1, -0.05) is 128 Å². The zero-order valence-electron chi connectivity index (χ0n) is 14.5. The molecular weight excluding hydrogens is 347 g/mol. The minimum absolute atomic E-state index is 0.117. The normalized spacial score (nSPS) is 15.4. The number of hydrogen-bond donors (Lipinski definition) is 0. The molecule has 0 saturated carbocycles. The monoisotopic (exact) mass is 368 g/mol. The smallest absolute Gasteiger partial charge is 0.0953 e. The van der Waals surface area contributed by atoms with Gasteiger partial charge < -0.3 is 0 Å². The lowest BCUT2D eigenvalue weighted by molar-refractivity contribution is 0.351. The Balaban J connectivity index is 2.20. The highest BCUT2D eigenvalue weighted by molar-refractivity contribution is 6.49. The zero-order valence-corrected chi connectivity index (χ0v) is 16.0. The molecule has 0 aliphatic heterocycles. The minimum atomic E-state index is -1.08. The Morgan fingerprint density at radius 1 is 0.640 bits per heavy atom. The molecule has 0 amide bonds. The summed E-state index contributed by atoms with van der Waals surface area (Å²) in [6, 6.07) is 30.7. The maximum atomic E-state index is 7.11. The Bertz CT molecular complexity index is 797. The summed E-state index contributed by atoms with van der Waals surface area (Å²) >= 11 is 14.2. The van der Waals surface area contributed by atoms with Crippen LogP contribution in [0.1, 0.15) is 36.5 Å². The van der Waals surface area contributed by atoms with Crippen molar-refractivity contribution in [3.05, 3.63) is 108 Å². The first-order chi connectivity index (χ1) is 12.0. The third-order valence-electron chi connectivity index (χ3n) is 5.33. The molecular formula is C23H22Cl2. The molecule has 2 heteroatoms. The van der Waals surface area contributed by atoms with E-state index < -0.39 is 9.75 Å². The molecule has 128 valence electrons. The van der Waals surface area contributed by atoms with Crippen LogP contribution in [-0.2, 0) is 9.75 Å². The van der Waals surface area contributed by atoms with E-state index in [0.717, 1.165) is 11.1 Å². The van der Waals surface area contributed by atoms with Gasteiger partial charge in [-0.05, 0) is 22.6 Å². The average Bonchev–Trinajstić information content (AvgIpc) is 2.68. The van der Waals surface area contributed by atoms with Crippen molar-refractivity contribution in [2.45, 2.75) is 29.5 Å². The van der Waals surface area contributed by atoms with E-state index in [4.69, 9.17) is 23.2 Å². The van der Waals surface area contributed by atoms with E-state index in [1.54, 1.807) is 0 Å². The highest BCUT2D eigenvalue weighted by Gasteiger charge is 2.51. The summed E-state index contributed by atoms with van der Waals surface area (Å²) in [4.78, 5) is 0. The van der Waals surface area contributed by atoms with Crippen LogP contribution in [-0.4, -0.2) is 0 Å². The number of hydrogen-bond acceptors (Lipinski definition) is 0. The molecule has 3 aromatic carbocycles. The maximum absolute atomic E-state index is 7.11. The van der Waals surface area contributed by atoms with Crippen molar-refractivity contribution in [3.63, 3.8) is 0 Å². The fraction of sp³-hybridized carbons (Fsp3) is 0.217. The van der Waals surface area contributed by atoms with Crippen molar-refractivity contribution in [2.75, 3.05) is 0 Å². The maximum Gasteiger partial charge on any atom is 0.153 e. The summed E-state index contributed by atoms with van der Waals surface area (Å²) in [7, 11) is 0. The lowest BCUT2D eigenvalue weighted by Crippen LogP contribution is -2.43. The highest BCUT2D eigenvalue weighted by Crippen LogP contribution is 2.57. The highest BCUT2D eigenvalue weighted by atomic mass is 35.5. The molecule has 3 aromatic rings. The molecule has 2 atom stereocenters. The summed E-state index contributed by atoms with van der Waals surface area (Å²) in [5.74, 6) is 0.117. The lowest BCUT2D eigenvalue weighted by atomic mass is 9.66. The molecule has 0 aliphatic rings. The van der Waals surface area contributed by atoms with Crippen LogP contribution in [0.2, 0.25) is 0 Å². The van der Waals surface area contributed by atoms with Gasteiger partial charge in [-0.3, -0.25) is 0 Å². The van der Waals surface area contributed by atoms with Crippen molar-refractivity contribution >= 4 is 23.2 Å². The van der Waals surface area contributed by atoms with Crippen LogP contribution in [0, 0.1) is 0 Å². The summed E-state index contributed by atoms with van der Waals surface area (Å²) in [6.07, 6.45) is 0. The number of alkyl halides is 2. The van der Waals surface area contributed by atoms with Crippen molar-refractivity contribution < 1.29 is 0 Å². The van der Waals surface area contributed by atoms with Gasteiger partial charge in [-0.25, -0.2) is 0 Å². The van der Waals surface area contributed by atoms with E-state index >= 15 is 0 Å². The predicted molar refractivity (Wildman–Crippen MR) is 108 cm³/mol. The van der Waals surface area contributed by atoms with Crippen molar-refractivity contribution in [2.24, 2.45) is 0 Å². The van der Waals surface area contributed by atoms with Gasteiger partial charge in [0.15, 0.2) is 4.33 Å². The zero-order chi connectivity index (χ0) is 17.9. The number of rotatable bonds is 5. The predicted octanol–water partition coefficient (Wildman–Crippen LogP) is 7.08. The third-order valence-corrected chi connectivity index (χ3v) is 6.55. The van der Waals surface area contributed by atoms with Gasteiger partial charge >= 0.3 is 0 Å². The summed E-state index contributed by atoms with van der Waals surface area (Å²) in [6.45, 7) is 4.36. The molecule has 0 bridgehead atoms. The van der Waals surface area contributed by atoms with Crippen LogP contribution in [0.3, 0.4) is 0 Å². The molecule has 0 saturated heterocycles. The van der Waals surface area contributed by atoms with Gasteiger partial charge in [0, 0.05) is 5.41 Å². The number of benzene rings is 3. The molecule has 0 heterocycles. The molecule has 0 aliphatic carbocycles. The summed E-state index contributed by atoms with van der Waals surface area (Å²) < 4.78 is -1.08. The Labute approximate surface area is 160 Å². The minimum Gasteiger partial charge on any atom is -0.0953 e. The summed E-state index contributed by atoms with van der Waals surface area (Å²) in [5, 5.41) is 0. The van der Waals surface area contributed by atoms with Crippen LogP contribution in [0.5, 0.6) is 0 Å². The van der Waals surface area contributed by atoms with Gasteiger partial charge in [0.1, 0.15) is 0 Å². The second kappa shape index (κ2) is 7.23. The Morgan fingerprint density at radius 3 is 1.52 bits per heavy atom. The molecule has 2 unspecified atom stereocenters. The van der Waals surface area contributed by atoms with Gasteiger partial charge in [0.2, 0.25) is 0 Å². The first-order valence-corrected chi connectivity index (χ1v) is 9.27. The van der Waals surface area contributed by atoms with Gasteiger partial charge in [0.05, 0.1) is 0 Å². The van der Waals surface area contributed by atoms with Crippen LogP contribution in [0.4, 0.5) is 0 Å². The van der Waals surface area contributed by atoms with E-state index in [1.165, 1.54) is 5.56 Å². The van der Waals surface area contributed by atoms with Crippen molar-refractivity contribution in [3.8, 4) is 0 Å². The second-order valence-corrected chi connectivity index (χ2v) is 7.97. The fourth-order valence-electron chi connectivity index (χ4n) is 3.51. The van der Waals surface area contributed by atoms with Crippen LogP contribution in [0.25, 0.3) is 0 Å². The molecule has 25 heavy (non-hydrogen) atoms. The van der Waals surface area contributed by atoms with Crippen molar-refractivity contribution in [1.82, 2.24) is 0 Å². The molecule has 0 spiro atoms. The second-order valence-electron chi connectivity index (χ2n) is 6.64. The standard InChI is InChI=1S/C23H22Cl2/c1-18(19-12-6-3-7-13-19)22(2,20-14-8-4-9-15-20)23(24,25)21-16-10-5-11-17-21/h3-18H,1-2H3. The fourth-order valence-corrected chi connectivity index (χ4v) is 4.31. The van der Waals surface area contributed by atoms with E-state index in [2.05, 4.69) is 50.2 Å². The quantitative estimate of drug-likeness (QED) is 0.422. The van der Waals surface area contributed by atoms with E-state index in [0.29, 0.717) is 0 Å². The largest absolute Gasteiger partial charge is 0.153 e. The molecule has 0 N–H and O–H groups in total. The Kier molecular flexibility index (Phi) is 5.22. The first kappa shape index (κ1) is 18.0. The lowest BCUT2D eigenvalue weighted by Gasteiger charge is -2.46. The van der Waals surface area contributed by atoms with Crippen LogP contribution < -0.4 is 0 Å². The molecule has 3 rings (SSSR count). The van der Waals surface area contributed by atoms with E-state index in [9.17, 15) is 0 Å². The van der Waals surface area contributed by atoms with Crippen LogP contribution in [0.15, 0.2) is 91.0 Å². The molecule has 0 radical (unpaired) electrons. The average molecular weight is 369 g/mol. The SMILES string of the molecule is CC(c1ccccc1)C(C)(c1ccccc1)C(Cl)(Cl)c1ccccc1. The molecule has 0 nitrogen and oxygen atoms in total. The Morgan fingerprint density at radius 2 is 1.04 bits per heavy atom. The molecule has 0 aromatic heterocycles. The first-order valence-electron chi connectivity index (χ1n) is 8.51. The van der Waals surface area contributed by atoms with Gasteiger partial charge in [-0.15, -0.1) is 0 Å². The number of halogens is 2. The Hall–Kier alpha value is -1.76.